The average Bonchev–Trinajstić information content (AvgIpc) is 2.95. The Labute approximate surface area is 149 Å². The molecule has 5 nitrogen and oxygen atoms in total. The van der Waals surface area contributed by atoms with E-state index in [0.717, 1.165) is 36.2 Å². The molecule has 1 amide bonds. The molecule has 1 fully saturated rings. The Kier molecular flexibility index (Phi) is 6.27. The number of halogens is 1. The largest absolute Gasteiger partial charge is 0.444 e. The fourth-order valence-electron chi connectivity index (χ4n) is 3.28. The van der Waals surface area contributed by atoms with E-state index in [1.807, 2.05) is 40.8 Å². The van der Waals surface area contributed by atoms with Crippen molar-refractivity contribution in [3.63, 3.8) is 0 Å². The number of alkyl carbamates (subject to hydrolysis) is 1. The van der Waals surface area contributed by atoms with Gasteiger partial charge in [-0.2, -0.15) is 0 Å². The molecular formula is C19H30FN3O2. The Morgan fingerprint density at radius 1 is 1.36 bits per heavy atom. The summed E-state index contributed by atoms with van der Waals surface area (Å²) in [6.45, 7) is 9.64. The van der Waals surface area contributed by atoms with Crippen molar-refractivity contribution in [2.75, 3.05) is 25.0 Å². The molecule has 1 aliphatic rings. The maximum atomic E-state index is 14.2. The Bertz CT molecular complexity index is 613. The molecule has 2 N–H and O–H groups in total. The Morgan fingerprint density at radius 3 is 2.68 bits per heavy atom. The number of amides is 1. The van der Waals surface area contributed by atoms with E-state index in [2.05, 4.69) is 15.5 Å². The van der Waals surface area contributed by atoms with Gasteiger partial charge in [0.15, 0.2) is 0 Å². The molecule has 140 valence electrons. The maximum Gasteiger partial charge on any atom is 0.407 e. The topological polar surface area (TPSA) is 53.6 Å². The molecule has 0 spiro atoms. The maximum absolute atomic E-state index is 14.2. The normalized spacial score (nSPS) is 17.7. The van der Waals surface area contributed by atoms with Gasteiger partial charge in [-0.05, 0) is 58.4 Å². The van der Waals surface area contributed by atoms with Gasteiger partial charge in [-0.3, -0.25) is 0 Å². The number of hydrogen-bond donors (Lipinski definition) is 2. The highest BCUT2D eigenvalue weighted by atomic mass is 19.1. The number of nitrogens with one attached hydrogen (secondary N) is 2. The van der Waals surface area contributed by atoms with E-state index >= 15 is 0 Å². The molecule has 1 atom stereocenters. The Hall–Kier alpha value is -1.82. The molecule has 0 bridgehead atoms. The summed E-state index contributed by atoms with van der Waals surface area (Å²) < 4.78 is 19.5. The quantitative estimate of drug-likeness (QED) is 0.855. The molecule has 6 heteroatoms. The summed E-state index contributed by atoms with van der Waals surface area (Å²) in [7, 11) is 1.82. The van der Waals surface area contributed by atoms with Gasteiger partial charge in [0.05, 0.1) is 6.04 Å². The van der Waals surface area contributed by atoms with Crippen molar-refractivity contribution in [3.05, 3.63) is 29.1 Å². The molecule has 1 aromatic rings. The predicted molar refractivity (Wildman–Crippen MR) is 98.5 cm³/mol. The van der Waals surface area contributed by atoms with Gasteiger partial charge in [-0.25, -0.2) is 9.18 Å². The lowest BCUT2D eigenvalue weighted by atomic mass is 10.0. The molecule has 1 aliphatic heterocycles. The highest BCUT2D eigenvalue weighted by Gasteiger charge is 2.28. The number of hydrogen-bond acceptors (Lipinski definition) is 4. The van der Waals surface area contributed by atoms with Crippen LogP contribution in [0.15, 0.2) is 12.1 Å². The van der Waals surface area contributed by atoms with E-state index in [4.69, 9.17) is 4.74 Å². The second-order valence-corrected chi connectivity index (χ2v) is 7.49. The molecule has 0 saturated carbocycles. The number of rotatable bonds is 5. The summed E-state index contributed by atoms with van der Waals surface area (Å²) >= 11 is 0. The van der Waals surface area contributed by atoms with Crippen molar-refractivity contribution in [2.45, 2.75) is 58.7 Å². The van der Waals surface area contributed by atoms with E-state index in [1.165, 1.54) is 6.07 Å². The summed E-state index contributed by atoms with van der Waals surface area (Å²) in [5.41, 5.74) is 2.32. The van der Waals surface area contributed by atoms with Crippen LogP contribution in [0.2, 0.25) is 0 Å². The standard InChI is InChI=1S/C19H30FN3O2/c1-6-14-15(11-21-5)16(20)7-8-17(14)23-10-9-13(12-23)22-18(24)25-19(2,3)4/h7-8,13,21H,6,9-12H2,1-5H3,(H,22,24). The zero-order valence-electron chi connectivity index (χ0n) is 15.9. The smallest absolute Gasteiger partial charge is 0.407 e. The monoisotopic (exact) mass is 351 g/mol. The molecule has 1 saturated heterocycles. The summed E-state index contributed by atoms with van der Waals surface area (Å²) in [6, 6.07) is 3.43. The lowest BCUT2D eigenvalue weighted by Crippen LogP contribution is -2.40. The zero-order valence-corrected chi connectivity index (χ0v) is 15.9. The number of ether oxygens (including phenoxy) is 1. The van der Waals surface area contributed by atoms with E-state index < -0.39 is 5.60 Å². The van der Waals surface area contributed by atoms with Crippen LogP contribution in [0.5, 0.6) is 0 Å². The van der Waals surface area contributed by atoms with Crippen LogP contribution in [0, 0.1) is 5.82 Å². The summed E-state index contributed by atoms with van der Waals surface area (Å²) in [4.78, 5) is 14.2. The minimum absolute atomic E-state index is 0.0392. The Morgan fingerprint density at radius 2 is 2.08 bits per heavy atom. The Balaban J connectivity index is 2.09. The van der Waals surface area contributed by atoms with Crippen molar-refractivity contribution in [3.8, 4) is 0 Å². The van der Waals surface area contributed by atoms with Gasteiger partial charge in [0, 0.05) is 30.9 Å². The van der Waals surface area contributed by atoms with Crippen LogP contribution < -0.4 is 15.5 Å². The van der Waals surface area contributed by atoms with E-state index in [9.17, 15) is 9.18 Å². The van der Waals surface area contributed by atoms with Gasteiger partial charge in [0.2, 0.25) is 0 Å². The van der Waals surface area contributed by atoms with Crippen molar-refractivity contribution >= 4 is 11.8 Å². The molecule has 0 aliphatic carbocycles. The highest BCUT2D eigenvalue weighted by molar-refractivity contribution is 5.68. The first-order chi connectivity index (χ1) is 11.7. The number of carbonyl (C=O) groups is 1. The van der Waals surface area contributed by atoms with E-state index in [1.54, 1.807) is 0 Å². The number of carbonyl (C=O) groups excluding carboxylic acids is 1. The van der Waals surface area contributed by atoms with Crippen LogP contribution in [0.1, 0.15) is 45.2 Å². The van der Waals surface area contributed by atoms with Crippen molar-refractivity contribution in [1.82, 2.24) is 10.6 Å². The fourth-order valence-corrected chi connectivity index (χ4v) is 3.28. The van der Waals surface area contributed by atoms with E-state index in [0.29, 0.717) is 13.1 Å². The van der Waals surface area contributed by atoms with Gasteiger partial charge < -0.3 is 20.3 Å². The minimum atomic E-state index is -0.503. The molecule has 2 rings (SSSR count). The molecule has 25 heavy (non-hydrogen) atoms. The van der Waals surface area contributed by atoms with Crippen molar-refractivity contribution in [2.24, 2.45) is 0 Å². The second kappa shape index (κ2) is 8.04. The third-order valence-electron chi connectivity index (χ3n) is 4.31. The number of anilines is 1. The van der Waals surface area contributed by atoms with Gasteiger partial charge >= 0.3 is 6.09 Å². The third-order valence-corrected chi connectivity index (χ3v) is 4.31. The van der Waals surface area contributed by atoms with Crippen molar-refractivity contribution in [1.29, 1.82) is 0 Å². The van der Waals surface area contributed by atoms with Crippen LogP contribution in [-0.2, 0) is 17.7 Å². The van der Waals surface area contributed by atoms with Gasteiger partial charge in [0.1, 0.15) is 11.4 Å². The molecule has 1 heterocycles. The molecule has 1 unspecified atom stereocenters. The highest BCUT2D eigenvalue weighted by Crippen LogP contribution is 2.29. The van der Waals surface area contributed by atoms with Crippen LogP contribution in [0.3, 0.4) is 0 Å². The van der Waals surface area contributed by atoms with Crippen molar-refractivity contribution < 1.29 is 13.9 Å². The third kappa shape index (κ3) is 5.08. The second-order valence-electron chi connectivity index (χ2n) is 7.49. The molecule has 1 aromatic carbocycles. The minimum Gasteiger partial charge on any atom is -0.444 e. The first-order valence-electron chi connectivity index (χ1n) is 8.94. The van der Waals surface area contributed by atoms with Gasteiger partial charge in [0.25, 0.3) is 0 Å². The lowest BCUT2D eigenvalue weighted by Gasteiger charge is -2.25. The molecular weight excluding hydrogens is 321 g/mol. The first kappa shape index (κ1) is 19.5. The lowest BCUT2D eigenvalue weighted by molar-refractivity contribution is 0.0509. The average molecular weight is 351 g/mol. The SMILES string of the molecule is CCc1c(N2CCC(NC(=O)OC(C)(C)C)C2)ccc(F)c1CNC. The van der Waals surface area contributed by atoms with Crippen LogP contribution in [0.4, 0.5) is 14.9 Å². The summed E-state index contributed by atoms with van der Waals surface area (Å²) in [6.07, 6.45) is 1.23. The van der Waals surface area contributed by atoms with Gasteiger partial charge in [-0.1, -0.05) is 6.92 Å². The predicted octanol–water partition coefficient (Wildman–Crippen LogP) is 3.21. The van der Waals surface area contributed by atoms with Crippen LogP contribution in [0.25, 0.3) is 0 Å². The first-order valence-corrected chi connectivity index (χ1v) is 8.94. The zero-order chi connectivity index (χ0) is 18.6. The van der Waals surface area contributed by atoms with Crippen LogP contribution in [-0.4, -0.2) is 37.9 Å². The van der Waals surface area contributed by atoms with E-state index in [-0.39, 0.29) is 18.0 Å². The van der Waals surface area contributed by atoms with Gasteiger partial charge in [-0.15, -0.1) is 0 Å². The molecule has 0 radical (unpaired) electrons. The number of nitrogens with zero attached hydrogens (tertiary/aromatic N) is 1. The fraction of sp³-hybridized carbons (Fsp3) is 0.632. The molecule has 0 aromatic heterocycles. The summed E-state index contributed by atoms with van der Waals surface area (Å²) in [5, 5.41) is 5.98. The number of benzene rings is 1. The van der Waals surface area contributed by atoms with Crippen LogP contribution >= 0.6 is 0 Å². The summed E-state index contributed by atoms with van der Waals surface area (Å²) in [5.74, 6) is -0.169.